The fraction of sp³-hybridized carbons (Fsp3) is 0.0870. The van der Waals surface area contributed by atoms with E-state index in [-0.39, 0.29) is 5.91 Å². The van der Waals surface area contributed by atoms with Crippen LogP contribution in [0.3, 0.4) is 0 Å². The van der Waals surface area contributed by atoms with Gasteiger partial charge in [0.2, 0.25) is 0 Å². The van der Waals surface area contributed by atoms with Gasteiger partial charge in [-0.05, 0) is 43.7 Å². The molecular formula is C23H19N5OS. The summed E-state index contributed by atoms with van der Waals surface area (Å²) in [5.74, 6) is -0.171. The zero-order chi connectivity index (χ0) is 20.7. The molecule has 30 heavy (non-hydrogen) atoms. The van der Waals surface area contributed by atoms with Gasteiger partial charge in [-0.3, -0.25) is 4.79 Å². The fourth-order valence-corrected chi connectivity index (χ4v) is 4.37. The number of benzene rings is 1. The van der Waals surface area contributed by atoms with E-state index >= 15 is 0 Å². The molecule has 5 rings (SSSR count). The first-order valence-electron chi connectivity index (χ1n) is 9.56. The van der Waals surface area contributed by atoms with E-state index in [0.29, 0.717) is 10.6 Å². The van der Waals surface area contributed by atoms with Gasteiger partial charge in [-0.25, -0.2) is 9.97 Å². The van der Waals surface area contributed by atoms with Gasteiger partial charge in [0.05, 0.1) is 17.1 Å². The number of fused-ring (bicyclic) bond motifs is 1. The lowest BCUT2D eigenvalue weighted by Crippen LogP contribution is -2.12. The van der Waals surface area contributed by atoms with Crippen molar-refractivity contribution >= 4 is 28.6 Å². The standard InChI is InChI=1S/C23H19N5OS/c1-15-8-7-13-28-14-19(25-21(15)28)17-9-3-4-10-18(17)26-22(29)20-16(2)24-23(30-20)27-11-5-6-12-27/h3-14H,1-2H3,(H,26,29). The number of aromatic nitrogens is 4. The third kappa shape index (κ3) is 3.19. The zero-order valence-electron chi connectivity index (χ0n) is 16.5. The van der Waals surface area contributed by atoms with Crippen LogP contribution in [0.25, 0.3) is 22.0 Å². The number of hydrogen-bond acceptors (Lipinski definition) is 4. The van der Waals surface area contributed by atoms with Crippen LogP contribution in [0.4, 0.5) is 5.69 Å². The van der Waals surface area contributed by atoms with Crippen LogP contribution in [0.5, 0.6) is 0 Å². The predicted octanol–water partition coefficient (Wildman–Crippen LogP) is 5.12. The summed E-state index contributed by atoms with van der Waals surface area (Å²) in [5.41, 5.74) is 5.13. The molecule has 7 heteroatoms. The monoisotopic (exact) mass is 413 g/mol. The Morgan fingerprint density at radius 2 is 1.77 bits per heavy atom. The first-order chi connectivity index (χ1) is 14.6. The Balaban J connectivity index is 1.49. The number of aryl methyl sites for hydroxylation is 2. The number of rotatable bonds is 4. The van der Waals surface area contributed by atoms with E-state index in [1.54, 1.807) is 0 Å². The molecule has 0 bridgehead atoms. The lowest BCUT2D eigenvalue weighted by molar-refractivity contribution is 0.103. The van der Waals surface area contributed by atoms with Crippen LogP contribution in [0.1, 0.15) is 20.9 Å². The van der Waals surface area contributed by atoms with Crippen LogP contribution in [0, 0.1) is 13.8 Å². The van der Waals surface area contributed by atoms with Crippen LogP contribution in [0.2, 0.25) is 0 Å². The van der Waals surface area contributed by atoms with E-state index in [1.807, 2.05) is 96.1 Å². The van der Waals surface area contributed by atoms with Gasteiger partial charge in [-0.15, -0.1) is 0 Å². The number of amides is 1. The molecule has 0 spiro atoms. The maximum atomic E-state index is 13.1. The first kappa shape index (κ1) is 18.3. The zero-order valence-corrected chi connectivity index (χ0v) is 17.4. The molecule has 0 saturated carbocycles. The highest BCUT2D eigenvalue weighted by Gasteiger charge is 2.18. The van der Waals surface area contributed by atoms with E-state index < -0.39 is 0 Å². The lowest BCUT2D eigenvalue weighted by Gasteiger charge is -2.08. The molecule has 4 heterocycles. The second-order valence-corrected chi connectivity index (χ2v) is 8.03. The molecule has 0 radical (unpaired) electrons. The summed E-state index contributed by atoms with van der Waals surface area (Å²) < 4.78 is 3.90. The second-order valence-electron chi connectivity index (χ2n) is 7.05. The largest absolute Gasteiger partial charge is 0.321 e. The maximum absolute atomic E-state index is 13.1. The number of carbonyl (C=O) groups is 1. The van der Waals surface area contributed by atoms with Crippen molar-refractivity contribution in [2.45, 2.75) is 13.8 Å². The van der Waals surface area contributed by atoms with Crippen molar-refractivity contribution in [2.24, 2.45) is 0 Å². The van der Waals surface area contributed by atoms with Gasteiger partial charge in [0.25, 0.3) is 5.91 Å². The summed E-state index contributed by atoms with van der Waals surface area (Å²) in [7, 11) is 0. The van der Waals surface area contributed by atoms with Crippen LogP contribution in [0.15, 0.2) is 73.3 Å². The summed E-state index contributed by atoms with van der Waals surface area (Å²) in [5, 5.41) is 3.83. The molecule has 148 valence electrons. The number of carbonyl (C=O) groups excluding carboxylic acids is 1. The summed E-state index contributed by atoms with van der Waals surface area (Å²) in [6.07, 6.45) is 7.79. The van der Waals surface area contributed by atoms with Gasteiger partial charge in [0, 0.05) is 30.4 Å². The second kappa shape index (κ2) is 7.27. The normalized spacial score (nSPS) is 11.1. The van der Waals surface area contributed by atoms with Crippen molar-refractivity contribution in [3.8, 4) is 16.4 Å². The van der Waals surface area contributed by atoms with Crippen molar-refractivity contribution < 1.29 is 4.79 Å². The quantitative estimate of drug-likeness (QED) is 0.445. The summed E-state index contributed by atoms with van der Waals surface area (Å²) in [4.78, 5) is 23.0. The van der Waals surface area contributed by atoms with Crippen LogP contribution >= 0.6 is 11.3 Å². The molecular weight excluding hydrogens is 394 g/mol. The van der Waals surface area contributed by atoms with Gasteiger partial charge in [0.1, 0.15) is 10.5 Å². The Labute approximate surface area is 177 Å². The summed E-state index contributed by atoms with van der Waals surface area (Å²) in [6.45, 7) is 3.89. The Hall–Kier alpha value is -3.71. The molecule has 0 aliphatic rings. The SMILES string of the molecule is Cc1nc(-n2cccc2)sc1C(=O)Nc1ccccc1-c1cn2cccc(C)c2n1. The predicted molar refractivity (Wildman–Crippen MR) is 119 cm³/mol. The number of hydrogen-bond donors (Lipinski definition) is 1. The van der Waals surface area contributed by atoms with Crippen LogP contribution in [-0.4, -0.2) is 24.8 Å². The molecule has 4 aromatic heterocycles. The number of nitrogens with zero attached hydrogens (tertiary/aromatic N) is 4. The van der Waals surface area contributed by atoms with Gasteiger partial charge in [0.15, 0.2) is 5.13 Å². The maximum Gasteiger partial charge on any atom is 0.267 e. The fourth-order valence-electron chi connectivity index (χ4n) is 3.44. The molecule has 0 saturated heterocycles. The minimum absolute atomic E-state index is 0.171. The van der Waals surface area contributed by atoms with Crippen molar-refractivity contribution in [3.05, 3.63) is 89.5 Å². The van der Waals surface area contributed by atoms with Crippen molar-refractivity contribution in [1.82, 2.24) is 18.9 Å². The third-order valence-corrected chi connectivity index (χ3v) is 6.12. The summed E-state index contributed by atoms with van der Waals surface area (Å²) in [6, 6.07) is 15.6. The number of pyridine rings is 1. The highest BCUT2D eigenvalue weighted by molar-refractivity contribution is 7.16. The number of para-hydroxylation sites is 1. The molecule has 1 N–H and O–H groups in total. The van der Waals surface area contributed by atoms with Crippen LogP contribution in [-0.2, 0) is 0 Å². The Kier molecular flexibility index (Phi) is 4.44. The van der Waals surface area contributed by atoms with E-state index in [2.05, 4.69) is 10.3 Å². The number of nitrogens with one attached hydrogen (secondary N) is 1. The molecule has 0 aliphatic carbocycles. The Morgan fingerprint density at radius 3 is 2.57 bits per heavy atom. The van der Waals surface area contributed by atoms with Gasteiger partial charge < -0.3 is 14.3 Å². The van der Waals surface area contributed by atoms with E-state index in [9.17, 15) is 4.79 Å². The van der Waals surface area contributed by atoms with Gasteiger partial charge in [-0.1, -0.05) is 35.6 Å². The molecule has 0 aliphatic heterocycles. The Bertz CT molecular complexity index is 1360. The Morgan fingerprint density at radius 1 is 0.967 bits per heavy atom. The highest BCUT2D eigenvalue weighted by atomic mass is 32.1. The third-order valence-electron chi connectivity index (χ3n) is 4.95. The number of anilines is 1. The highest BCUT2D eigenvalue weighted by Crippen LogP contribution is 2.30. The molecule has 0 unspecified atom stereocenters. The van der Waals surface area contributed by atoms with E-state index in [4.69, 9.17) is 4.98 Å². The molecule has 6 nitrogen and oxygen atoms in total. The average Bonchev–Trinajstić information content (AvgIpc) is 3.48. The topological polar surface area (TPSA) is 64.2 Å². The minimum Gasteiger partial charge on any atom is -0.321 e. The van der Waals surface area contributed by atoms with E-state index in [0.717, 1.165) is 33.3 Å². The number of imidazole rings is 1. The summed E-state index contributed by atoms with van der Waals surface area (Å²) >= 11 is 1.37. The van der Waals surface area contributed by atoms with Gasteiger partial charge in [-0.2, -0.15) is 0 Å². The smallest absolute Gasteiger partial charge is 0.267 e. The van der Waals surface area contributed by atoms with Crippen molar-refractivity contribution in [1.29, 1.82) is 0 Å². The minimum atomic E-state index is -0.171. The molecule has 0 atom stereocenters. The van der Waals surface area contributed by atoms with Crippen molar-refractivity contribution in [2.75, 3.05) is 5.32 Å². The first-order valence-corrected chi connectivity index (χ1v) is 10.4. The molecule has 0 fully saturated rings. The number of thiazole rings is 1. The van der Waals surface area contributed by atoms with Gasteiger partial charge >= 0.3 is 0 Å². The van der Waals surface area contributed by atoms with E-state index in [1.165, 1.54) is 11.3 Å². The lowest BCUT2D eigenvalue weighted by atomic mass is 10.1. The molecule has 1 aromatic carbocycles. The average molecular weight is 414 g/mol. The van der Waals surface area contributed by atoms with Crippen molar-refractivity contribution in [3.63, 3.8) is 0 Å². The molecule has 1 amide bonds. The van der Waals surface area contributed by atoms with Crippen LogP contribution < -0.4 is 5.32 Å². The molecule has 5 aromatic rings.